The molecule has 10 aromatic rings. The van der Waals surface area contributed by atoms with E-state index in [2.05, 4.69) is 186 Å². The van der Waals surface area contributed by atoms with Crippen LogP contribution in [0.3, 0.4) is 0 Å². The number of para-hydroxylation sites is 1. The third-order valence-corrected chi connectivity index (χ3v) is 10.8. The Morgan fingerprint density at radius 1 is 0.412 bits per heavy atom. The van der Waals surface area contributed by atoms with Crippen molar-refractivity contribution in [2.75, 3.05) is 0 Å². The number of aliphatic imine (C=N–C) groups is 1. The van der Waals surface area contributed by atoms with Gasteiger partial charge in [-0.1, -0.05) is 164 Å². The molecule has 11 rings (SSSR count). The molecule has 1 atom stereocenters. The van der Waals surface area contributed by atoms with Gasteiger partial charge in [0.2, 0.25) is 6.29 Å². The molecule has 0 bridgehead atoms. The molecular formula is C48H31N3. The van der Waals surface area contributed by atoms with Gasteiger partial charge in [0, 0.05) is 38.4 Å². The molecule has 0 spiro atoms. The molecule has 1 aliphatic rings. The van der Waals surface area contributed by atoms with Gasteiger partial charge in [-0.25, -0.2) is 4.99 Å². The fourth-order valence-electron chi connectivity index (χ4n) is 8.58. The Morgan fingerprint density at radius 2 is 0.961 bits per heavy atom. The number of rotatable bonds is 3. The second-order valence-corrected chi connectivity index (χ2v) is 13.5. The van der Waals surface area contributed by atoms with Crippen molar-refractivity contribution in [3.05, 3.63) is 187 Å². The van der Waals surface area contributed by atoms with Gasteiger partial charge in [-0.3, -0.25) is 0 Å². The number of benzene rings is 9. The van der Waals surface area contributed by atoms with Crippen LogP contribution in [0, 0.1) is 0 Å². The molecule has 3 heteroatoms. The predicted octanol–water partition coefficient (Wildman–Crippen LogP) is 12.2. The number of hydrogen-bond donors (Lipinski definition) is 1. The van der Waals surface area contributed by atoms with E-state index in [9.17, 15) is 0 Å². The zero-order valence-electron chi connectivity index (χ0n) is 27.7. The molecule has 51 heavy (non-hydrogen) atoms. The Labute approximate surface area is 294 Å². The second kappa shape index (κ2) is 10.9. The monoisotopic (exact) mass is 649 g/mol. The summed E-state index contributed by atoms with van der Waals surface area (Å²) in [4.78, 5) is 5.64. The predicted molar refractivity (Wildman–Crippen MR) is 217 cm³/mol. The average Bonchev–Trinajstić information content (AvgIpc) is 3.55. The van der Waals surface area contributed by atoms with Gasteiger partial charge in [0.05, 0.1) is 16.7 Å². The SMILES string of the molecule is C1=C(c2cccc3ccccc23)NC(n2c3ccccc3c3c4c5ccccc5ccc4c4ccccc4c32)N=C1c1cccc2ccccc12. The molecule has 9 aromatic carbocycles. The Balaban J connectivity index is 1.28. The van der Waals surface area contributed by atoms with Crippen molar-refractivity contribution >= 4 is 87.1 Å². The van der Waals surface area contributed by atoms with E-state index in [1.165, 1.54) is 70.2 Å². The van der Waals surface area contributed by atoms with E-state index in [-0.39, 0.29) is 0 Å². The van der Waals surface area contributed by atoms with Crippen LogP contribution in [0.2, 0.25) is 0 Å². The first-order valence-electron chi connectivity index (χ1n) is 17.6. The van der Waals surface area contributed by atoms with Crippen molar-refractivity contribution < 1.29 is 0 Å². The molecule has 1 unspecified atom stereocenters. The van der Waals surface area contributed by atoms with Crippen LogP contribution in [0.5, 0.6) is 0 Å². The van der Waals surface area contributed by atoms with Crippen LogP contribution >= 0.6 is 0 Å². The van der Waals surface area contributed by atoms with Gasteiger partial charge >= 0.3 is 0 Å². The zero-order chi connectivity index (χ0) is 33.5. The number of fused-ring (bicyclic) bond motifs is 12. The molecule has 238 valence electrons. The van der Waals surface area contributed by atoms with E-state index in [0.29, 0.717) is 0 Å². The first kappa shape index (κ1) is 28.2. The smallest absolute Gasteiger partial charge is 0.201 e. The van der Waals surface area contributed by atoms with Crippen molar-refractivity contribution in [2.45, 2.75) is 6.29 Å². The third-order valence-electron chi connectivity index (χ3n) is 10.8. The van der Waals surface area contributed by atoms with E-state index in [4.69, 9.17) is 4.99 Å². The standard InChI is InChI=1S/C48H31N3/c1-4-18-33-30(13-1)16-11-24-37(33)42-29-43(38-25-12-17-31-14-2-5-19-34(31)38)50-48(49-42)51-44-26-10-9-23-41(44)46-45-35-20-6-3-15-32(35)27-28-39(45)36-21-7-8-22-40(36)47(46)51/h1-29,48-49H. The number of hydrogen-bond acceptors (Lipinski definition) is 2. The maximum Gasteiger partial charge on any atom is 0.201 e. The summed E-state index contributed by atoms with van der Waals surface area (Å²) in [5.74, 6) is 0. The summed E-state index contributed by atoms with van der Waals surface area (Å²) >= 11 is 0. The van der Waals surface area contributed by atoms with Gasteiger partial charge in [0.1, 0.15) is 0 Å². The van der Waals surface area contributed by atoms with Gasteiger partial charge in [-0.15, -0.1) is 0 Å². The Morgan fingerprint density at radius 3 is 1.71 bits per heavy atom. The summed E-state index contributed by atoms with van der Waals surface area (Å²) in [7, 11) is 0. The highest BCUT2D eigenvalue weighted by Gasteiger charge is 2.27. The molecule has 0 saturated carbocycles. The molecule has 0 amide bonds. The molecular weight excluding hydrogens is 619 g/mol. The lowest BCUT2D eigenvalue weighted by Gasteiger charge is -2.28. The van der Waals surface area contributed by atoms with E-state index in [1.54, 1.807) is 0 Å². The van der Waals surface area contributed by atoms with E-state index >= 15 is 0 Å². The first-order valence-corrected chi connectivity index (χ1v) is 17.6. The fraction of sp³-hybridized carbons (Fsp3) is 0.0208. The van der Waals surface area contributed by atoms with E-state index in [1.807, 2.05) is 0 Å². The van der Waals surface area contributed by atoms with Crippen molar-refractivity contribution in [3.8, 4) is 0 Å². The molecule has 0 fully saturated rings. The number of aromatic nitrogens is 1. The molecule has 0 radical (unpaired) electrons. The van der Waals surface area contributed by atoms with Gasteiger partial charge in [0.25, 0.3) is 0 Å². The topological polar surface area (TPSA) is 29.3 Å². The minimum Gasteiger partial charge on any atom is -0.346 e. The Kier molecular flexibility index (Phi) is 6.02. The van der Waals surface area contributed by atoms with Crippen molar-refractivity contribution in [2.24, 2.45) is 4.99 Å². The fourth-order valence-corrected chi connectivity index (χ4v) is 8.58. The van der Waals surface area contributed by atoms with Gasteiger partial charge < -0.3 is 9.88 Å². The highest BCUT2D eigenvalue weighted by atomic mass is 15.3. The Hall–Kier alpha value is -6.71. The summed E-state index contributed by atoms with van der Waals surface area (Å²) < 4.78 is 2.46. The van der Waals surface area contributed by atoms with Gasteiger partial charge in [-0.2, -0.15) is 0 Å². The molecule has 0 aliphatic carbocycles. The lowest BCUT2D eigenvalue weighted by molar-refractivity contribution is 0.509. The maximum absolute atomic E-state index is 5.64. The Bertz CT molecular complexity index is 3110. The van der Waals surface area contributed by atoms with E-state index in [0.717, 1.165) is 28.1 Å². The highest BCUT2D eigenvalue weighted by Crippen LogP contribution is 2.45. The highest BCUT2D eigenvalue weighted by molar-refractivity contribution is 6.36. The van der Waals surface area contributed by atoms with Crippen molar-refractivity contribution in [1.82, 2.24) is 9.88 Å². The summed E-state index contributed by atoms with van der Waals surface area (Å²) in [6.07, 6.45) is 1.82. The lowest BCUT2D eigenvalue weighted by atomic mass is 9.93. The number of nitrogens with zero attached hydrogens (tertiary/aromatic N) is 2. The lowest BCUT2D eigenvalue weighted by Crippen LogP contribution is -2.29. The van der Waals surface area contributed by atoms with Crippen LogP contribution in [0.25, 0.3) is 81.4 Å². The van der Waals surface area contributed by atoms with Crippen LogP contribution in [-0.2, 0) is 0 Å². The van der Waals surface area contributed by atoms with E-state index < -0.39 is 6.29 Å². The quantitative estimate of drug-likeness (QED) is 0.190. The molecule has 1 aliphatic heterocycles. The van der Waals surface area contributed by atoms with Gasteiger partial charge in [-0.05, 0) is 55.2 Å². The molecule has 2 heterocycles. The molecule has 1 N–H and O–H groups in total. The largest absolute Gasteiger partial charge is 0.346 e. The molecule has 0 saturated heterocycles. The minimum atomic E-state index is -0.420. The minimum absolute atomic E-state index is 0.420. The number of nitrogens with one attached hydrogen (secondary N) is 1. The summed E-state index contributed by atoms with van der Waals surface area (Å²) in [5.41, 5.74) is 6.63. The van der Waals surface area contributed by atoms with Crippen LogP contribution in [0.15, 0.2) is 181 Å². The van der Waals surface area contributed by atoms with Crippen molar-refractivity contribution in [3.63, 3.8) is 0 Å². The van der Waals surface area contributed by atoms with Gasteiger partial charge in [0.15, 0.2) is 0 Å². The normalized spacial score (nSPS) is 14.9. The second-order valence-electron chi connectivity index (χ2n) is 13.5. The molecule has 3 nitrogen and oxygen atoms in total. The van der Waals surface area contributed by atoms with Crippen LogP contribution in [0.4, 0.5) is 0 Å². The number of allylic oxidation sites excluding steroid dienone is 1. The summed E-state index contributed by atoms with van der Waals surface area (Å²) in [6.45, 7) is 0. The molecule has 1 aromatic heterocycles. The maximum atomic E-state index is 5.64. The van der Waals surface area contributed by atoms with Crippen LogP contribution in [-0.4, -0.2) is 10.3 Å². The van der Waals surface area contributed by atoms with Crippen LogP contribution in [0.1, 0.15) is 17.4 Å². The zero-order valence-corrected chi connectivity index (χ0v) is 27.7. The summed E-state index contributed by atoms with van der Waals surface area (Å²) in [6, 6.07) is 61.5. The van der Waals surface area contributed by atoms with Crippen LogP contribution < -0.4 is 5.32 Å². The summed E-state index contributed by atoms with van der Waals surface area (Å²) in [5, 5.41) is 18.8. The first-order chi connectivity index (χ1) is 25.3. The third kappa shape index (κ3) is 4.15. The van der Waals surface area contributed by atoms with Crippen molar-refractivity contribution in [1.29, 1.82) is 0 Å². The average molecular weight is 650 g/mol.